The zero-order valence-electron chi connectivity index (χ0n) is 11.5. The molecular weight excluding hydrogens is 212 g/mol. The molecule has 17 heavy (non-hydrogen) atoms. The molecule has 2 rings (SSSR count). The lowest BCUT2D eigenvalue weighted by molar-refractivity contribution is 0.0568. The third-order valence-corrected chi connectivity index (χ3v) is 4.47. The Morgan fingerprint density at radius 1 is 1.29 bits per heavy atom. The molecule has 2 atom stereocenters. The summed E-state index contributed by atoms with van der Waals surface area (Å²) in [6, 6.07) is 2.05. The van der Waals surface area contributed by atoms with Gasteiger partial charge in [0.2, 0.25) is 0 Å². The molecule has 0 aromatic carbocycles. The van der Waals surface area contributed by atoms with Crippen LogP contribution in [0.15, 0.2) is 0 Å². The highest BCUT2D eigenvalue weighted by Crippen LogP contribution is 2.24. The summed E-state index contributed by atoms with van der Waals surface area (Å²) < 4.78 is 5.53. The zero-order chi connectivity index (χ0) is 12.1. The molecule has 1 N–H and O–H groups in total. The van der Waals surface area contributed by atoms with Crippen molar-refractivity contribution in [2.75, 3.05) is 26.8 Å². The first-order valence-electron chi connectivity index (χ1n) is 7.30. The van der Waals surface area contributed by atoms with E-state index in [9.17, 15) is 0 Å². The molecule has 0 aromatic rings. The molecule has 2 fully saturated rings. The van der Waals surface area contributed by atoms with E-state index in [0.717, 1.165) is 25.8 Å². The van der Waals surface area contributed by atoms with Crippen LogP contribution >= 0.6 is 0 Å². The van der Waals surface area contributed by atoms with Crippen LogP contribution in [0.1, 0.15) is 45.4 Å². The minimum atomic E-state index is 0.560. The topological polar surface area (TPSA) is 24.5 Å². The van der Waals surface area contributed by atoms with E-state index in [1.165, 1.54) is 38.5 Å². The lowest BCUT2D eigenvalue weighted by Crippen LogP contribution is -2.47. The molecule has 2 aliphatic rings. The van der Waals surface area contributed by atoms with Crippen molar-refractivity contribution in [3.8, 4) is 0 Å². The smallest absolute Gasteiger partial charge is 0.0620 e. The molecule has 100 valence electrons. The van der Waals surface area contributed by atoms with Crippen molar-refractivity contribution in [3.05, 3.63) is 0 Å². The highest BCUT2D eigenvalue weighted by atomic mass is 16.5. The van der Waals surface area contributed by atoms with Gasteiger partial charge in [0.1, 0.15) is 0 Å². The first kappa shape index (κ1) is 13.3. The van der Waals surface area contributed by atoms with Crippen molar-refractivity contribution in [2.45, 2.75) is 63.6 Å². The Hall–Kier alpha value is -0.120. The van der Waals surface area contributed by atoms with Gasteiger partial charge in [-0.05, 0) is 33.2 Å². The molecule has 1 aliphatic carbocycles. The maximum absolute atomic E-state index is 5.53. The molecular formula is C14H28N2O. The third kappa shape index (κ3) is 3.94. The van der Waals surface area contributed by atoms with Crippen LogP contribution in [0.2, 0.25) is 0 Å². The van der Waals surface area contributed by atoms with Crippen molar-refractivity contribution >= 4 is 0 Å². The minimum absolute atomic E-state index is 0.560. The highest BCUT2D eigenvalue weighted by molar-refractivity contribution is 4.81. The number of hydrogen-bond acceptors (Lipinski definition) is 3. The molecule has 3 nitrogen and oxygen atoms in total. The van der Waals surface area contributed by atoms with Crippen LogP contribution < -0.4 is 5.32 Å². The van der Waals surface area contributed by atoms with Gasteiger partial charge in [-0.3, -0.25) is 0 Å². The normalized spacial score (nSPS) is 29.5. The SMILES string of the molecule is CC(CC1COCCN1)N(C)C1CCCCC1. The molecule has 1 saturated carbocycles. The van der Waals surface area contributed by atoms with Crippen LogP contribution in [0.5, 0.6) is 0 Å². The Morgan fingerprint density at radius 3 is 2.71 bits per heavy atom. The van der Waals surface area contributed by atoms with Gasteiger partial charge in [-0.25, -0.2) is 0 Å². The number of ether oxygens (including phenoxy) is 1. The fourth-order valence-electron chi connectivity index (χ4n) is 3.20. The van der Waals surface area contributed by atoms with Gasteiger partial charge in [0.15, 0.2) is 0 Å². The predicted octanol–water partition coefficient (Wildman–Crippen LogP) is 2.02. The van der Waals surface area contributed by atoms with Crippen molar-refractivity contribution in [1.82, 2.24) is 10.2 Å². The summed E-state index contributed by atoms with van der Waals surface area (Å²) in [5.74, 6) is 0. The van der Waals surface area contributed by atoms with E-state index in [0.29, 0.717) is 12.1 Å². The van der Waals surface area contributed by atoms with Crippen molar-refractivity contribution in [2.24, 2.45) is 0 Å². The maximum atomic E-state index is 5.53. The molecule has 0 bridgehead atoms. The van der Waals surface area contributed by atoms with Gasteiger partial charge >= 0.3 is 0 Å². The Morgan fingerprint density at radius 2 is 2.06 bits per heavy atom. The first-order chi connectivity index (χ1) is 8.27. The highest BCUT2D eigenvalue weighted by Gasteiger charge is 2.24. The number of nitrogens with zero attached hydrogens (tertiary/aromatic N) is 1. The second-order valence-corrected chi connectivity index (χ2v) is 5.77. The van der Waals surface area contributed by atoms with E-state index in [2.05, 4.69) is 24.2 Å². The quantitative estimate of drug-likeness (QED) is 0.813. The van der Waals surface area contributed by atoms with Gasteiger partial charge in [0, 0.05) is 24.7 Å². The van der Waals surface area contributed by atoms with Crippen molar-refractivity contribution < 1.29 is 4.74 Å². The molecule has 0 amide bonds. The van der Waals surface area contributed by atoms with Crippen molar-refractivity contribution in [1.29, 1.82) is 0 Å². The van der Waals surface area contributed by atoms with Gasteiger partial charge in [-0.2, -0.15) is 0 Å². The van der Waals surface area contributed by atoms with Gasteiger partial charge in [0.05, 0.1) is 13.2 Å². The van der Waals surface area contributed by atoms with Gasteiger partial charge in [-0.1, -0.05) is 19.3 Å². The van der Waals surface area contributed by atoms with Crippen LogP contribution in [-0.4, -0.2) is 49.8 Å². The van der Waals surface area contributed by atoms with E-state index < -0.39 is 0 Å². The van der Waals surface area contributed by atoms with E-state index >= 15 is 0 Å². The summed E-state index contributed by atoms with van der Waals surface area (Å²) in [4.78, 5) is 2.61. The molecule has 1 heterocycles. The van der Waals surface area contributed by atoms with E-state index in [4.69, 9.17) is 4.74 Å². The Labute approximate surface area is 106 Å². The molecule has 3 heteroatoms. The fourth-order valence-corrected chi connectivity index (χ4v) is 3.20. The predicted molar refractivity (Wildman–Crippen MR) is 71.3 cm³/mol. The maximum Gasteiger partial charge on any atom is 0.0620 e. The molecule has 1 saturated heterocycles. The van der Waals surface area contributed by atoms with Crippen molar-refractivity contribution in [3.63, 3.8) is 0 Å². The van der Waals surface area contributed by atoms with E-state index in [1.807, 2.05) is 0 Å². The molecule has 1 aliphatic heterocycles. The van der Waals surface area contributed by atoms with E-state index in [1.54, 1.807) is 0 Å². The summed E-state index contributed by atoms with van der Waals surface area (Å²) in [6.45, 7) is 5.15. The van der Waals surface area contributed by atoms with Gasteiger partial charge < -0.3 is 15.0 Å². The Balaban J connectivity index is 1.75. The Kier molecular flexibility index (Phi) is 5.26. The number of hydrogen-bond donors (Lipinski definition) is 1. The summed E-state index contributed by atoms with van der Waals surface area (Å²) in [5.41, 5.74) is 0. The standard InChI is InChI=1S/C14H28N2O/c1-12(10-13-11-17-9-8-15-13)16(2)14-6-4-3-5-7-14/h12-15H,3-11H2,1-2H3. The lowest BCUT2D eigenvalue weighted by Gasteiger charge is -2.37. The monoisotopic (exact) mass is 240 g/mol. The first-order valence-corrected chi connectivity index (χ1v) is 7.30. The fraction of sp³-hybridized carbons (Fsp3) is 1.00. The third-order valence-electron chi connectivity index (χ3n) is 4.47. The Bertz CT molecular complexity index is 210. The van der Waals surface area contributed by atoms with Crippen LogP contribution in [0.4, 0.5) is 0 Å². The zero-order valence-corrected chi connectivity index (χ0v) is 11.5. The summed E-state index contributed by atoms with van der Waals surface area (Å²) in [6.07, 6.45) is 8.30. The van der Waals surface area contributed by atoms with Crippen LogP contribution in [0, 0.1) is 0 Å². The number of nitrogens with one attached hydrogen (secondary N) is 1. The lowest BCUT2D eigenvalue weighted by atomic mass is 9.93. The van der Waals surface area contributed by atoms with Crippen LogP contribution in [0.25, 0.3) is 0 Å². The van der Waals surface area contributed by atoms with Gasteiger partial charge in [0.25, 0.3) is 0 Å². The van der Waals surface area contributed by atoms with Crippen LogP contribution in [-0.2, 0) is 4.74 Å². The second kappa shape index (κ2) is 6.72. The average Bonchev–Trinajstić information content (AvgIpc) is 2.40. The summed E-state index contributed by atoms with van der Waals surface area (Å²) in [5, 5.41) is 3.56. The molecule has 0 radical (unpaired) electrons. The van der Waals surface area contributed by atoms with Gasteiger partial charge in [-0.15, -0.1) is 0 Å². The number of rotatable bonds is 4. The van der Waals surface area contributed by atoms with Crippen LogP contribution in [0.3, 0.4) is 0 Å². The summed E-state index contributed by atoms with van der Waals surface area (Å²) in [7, 11) is 2.31. The molecule has 0 spiro atoms. The summed E-state index contributed by atoms with van der Waals surface area (Å²) >= 11 is 0. The average molecular weight is 240 g/mol. The molecule has 2 unspecified atom stereocenters. The second-order valence-electron chi connectivity index (χ2n) is 5.77. The number of morpholine rings is 1. The van der Waals surface area contributed by atoms with E-state index in [-0.39, 0.29) is 0 Å². The molecule has 0 aromatic heterocycles. The minimum Gasteiger partial charge on any atom is -0.379 e. The largest absolute Gasteiger partial charge is 0.379 e.